The SMILES string of the molecule is CCOCC(C(C)C)N1C(=O)C(C)NC1C1CCCC1. The summed E-state index contributed by atoms with van der Waals surface area (Å²) in [7, 11) is 0. The number of carbonyl (C=O) groups is 1. The molecule has 3 unspecified atom stereocenters. The first-order valence-electron chi connectivity index (χ1n) is 8.22. The molecule has 4 heteroatoms. The second-order valence-electron chi connectivity index (χ2n) is 6.59. The van der Waals surface area contributed by atoms with Gasteiger partial charge in [-0.3, -0.25) is 10.1 Å². The fourth-order valence-electron chi connectivity index (χ4n) is 3.61. The van der Waals surface area contributed by atoms with Crippen LogP contribution >= 0.6 is 0 Å². The van der Waals surface area contributed by atoms with Gasteiger partial charge in [0.1, 0.15) is 0 Å². The molecule has 1 aliphatic heterocycles. The Hall–Kier alpha value is -0.610. The van der Waals surface area contributed by atoms with Crippen LogP contribution in [-0.4, -0.2) is 42.3 Å². The maximum atomic E-state index is 12.6. The number of ether oxygens (including phenoxy) is 1. The third-order valence-electron chi connectivity index (χ3n) is 4.81. The lowest BCUT2D eigenvalue weighted by molar-refractivity contribution is -0.135. The van der Waals surface area contributed by atoms with Crippen molar-refractivity contribution >= 4 is 5.91 Å². The highest BCUT2D eigenvalue weighted by atomic mass is 16.5. The van der Waals surface area contributed by atoms with Crippen LogP contribution in [0.25, 0.3) is 0 Å². The molecule has 1 saturated carbocycles. The van der Waals surface area contributed by atoms with Gasteiger partial charge in [0.15, 0.2) is 0 Å². The van der Waals surface area contributed by atoms with E-state index in [0.717, 1.165) is 0 Å². The minimum absolute atomic E-state index is 0.0523. The lowest BCUT2D eigenvalue weighted by Crippen LogP contribution is -2.51. The van der Waals surface area contributed by atoms with Gasteiger partial charge in [-0.05, 0) is 38.5 Å². The number of nitrogens with zero attached hydrogens (tertiary/aromatic N) is 1. The molecule has 0 aromatic heterocycles. The van der Waals surface area contributed by atoms with Crippen molar-refractivity contribution in [2.24, 2.45) is 11.8 Å². The Morgan fingerprint density at radius 2 is 2.00 bits per heavy atom. The zero-order valence-corrected chi connectivity index (χ0v) is 13.4. The van der Waals surface area contributed by atoms with Gasteiger partial charge in [0.05, 0.1) is 24.9 Å². The first-order valence-corrected chi connectivity index (χ1v) is 8.22. The fourth-order valence-corrected chi connectivity index (χ4v) is 3.61. The number of nitrogens with one attached hydrogen (secondary N) is 1. The largest absolute Gasteiger partial charge is 0.380 e. The van der Waals surface area contributed by atoms with E-state index in [4.69, 9.17) is 4.74 Å². The molecule has 2 aliphatic rings. The Kier molecular flexibility index (Phi) is 5.44. The van der Waals surface area contributed by atoms with E-state index in [0.29, 0.717) is 25.0 Å². The molecule has 4 nitrogen and oxygen atoms in total. The Morgan fingerprint density at radius 1 is 1.35 bits per heavy atom. The van der Waals surface area contributed by atoms with Gasteiger partial charge in [0, 0.05) is 6.61 Å². The van der Waals surface area contributed by atoms with E-state index in [9.17, 15) is 4.79 Å². The third-order valence-corrected chi connectivity index (χ3v) is 4.81. The molecule has 20 heavy (non-hydrogen) atoms. The van der Waals surface area contributed by atoms with E-state index < -0.39 is 0 Å². The van der Waals surface area contributed by atoms with Gasteiger partial charge in [0.2, 0.25) is 5.91 Å². The van der Waals surface area contributed by atoms with Gasteiger partial charge in [-0.25, -0.2) is 0 Å². The molecule has 116 valence electrons. The molecule has 1 amide bonds. The van der Waals surface area contributed by atoms with Crippen LogP contribution < -0.4 is 5.32 Å². The summed E-state index contributed by atoms with van der Waals surface area (Å²) in [6.07, 6.45) is 5.31. The van der Waals surface area contributed by atoms with Crippen molar-refractivity contribution in [3.05, 3.63) is 0 Å². The molecule has 2 rings (SSSR count). The lowest BCUT2D eigenvalue weighted by Gasteiger charge is -2.37. The zero-order chi connectivity index (χ0) is 14.7. The molecule has 1 saturated heterocycles. The highest BCUT2D eigenvalue weighted by Crippen LogP contribution is 2.34. The quantitative estimate of drug-likeness (QED) is 0.813. The number of hydrogen-bond acceptors (Lipinski definition) is 3. The maximum absolute atomic E-state index is 12.6. The average Bonchev–Trinajstić information content (AvgIpc) is 3.01. The molecule has 0 aromatic rings. The molecule has 0 spiro atoms. The molecule has 1 heterocycles. The Morgan fingerprint density at radius 3 is 2.55 bits per heavy atom. The van der Waals surface area contributed by atoms with Crippen LogP contribution in [0.3, 0.4) is 0 Å². The highest BCUT2D eigenvalue weighted by Gasteiger charge is 2.45. The van der Waals surface area contributed by atoms with Crippen molar-refractivity contribution in [1.29, 1.82) is 0 Å². The van der Waals surface area contributed by atoms with Crippen LogP contribution in [0.5, 0.6) is 0 Å². The van der Waals surface area contributed by atoms with Gasteiger partial charge in [0.25, 0.3) is 0 Å². The van der Waals surface area contributed by atoms with E-state index in [1.165, 1.54) is 25.7 Å². The normalized spacial score (nSPS) is 29.6. The Labute approximate surface area is 123 Å². The molecule has 1 N–H and O–H groups in total. The summed E-state index contributed by atoms with van der Waals surface area (Å²) >= 11 is 0. The summed E-state index contributed by atoms with van der Waals surface area (Å²) in [5.41, 5.74) is 0. The van der Waals surface area contributed by atoms with Gasteiger partial charge in [-0.1, -0.05) is 26.7 Å². The average molecular weight is 282 g/mol. The minimum Gasteiger partial charge on any atom is -0.380 e. The molecular formula is C16H30N2O2. The summed E-state index contributed by atoms with van der Waals surface area (Å²) < 4.78 is 5.64. The molecule has 2 fully saturated rings. The minimum atomic E-state index is -0.0523. The Bertz CT molecular complexity index is 326. The molecule has 1 aliphatic carbocycles. The first kappa shape index (κ1) is 15.8. The topological polar surface area (TPSA) is 41.6 Å². The van der Waals surface area contributed by atoms with E-state index in [2.05, 4.69) is 24.1 Å². The van der Waals surface area contributed by atoms with Crippen LogP contribution in [0.15, 0.2) is 0 Å². The predicted octanol–water partition coefficient (Wildman–Crippen LogP) is 2.38. The predicted molar refractivity (Wildman–Crippen MR) is 80.3 cm³/mol. The second-order valence-corrected chi connectivity index (χ2v) is 6.59. The molecule has 3 atom stereocenters. The van der Waals surface area contributed by atoms with E-state index >= 15 is 0 Å². The number of hydrogen-bond donors (Lipinski definition) is 1. The summed E-state index contributed by atoms with van der Waals surface area (Å²) in [6, 6.07) is 0.133. The first-order chi connectivity index (χ1) is 9.56. The molecule has 0 radical (unpaired) electrons. The monoisotopic (exact) mass is 282 g/mol. The summed E-state index contributed by atoms with van der Waals surface area (Å²) in [5, 5.41) is 3.53. The summed E-state index contributed by atoms with van der Waals surface area (Å²) in [6.45, 7) is 9.73. The summed E-state index contributed by atoms with van der Waals surface area (Å²) in [4.78, 5) is 14.7. The van der Waals surface area contributed by atoms with Crippen LogP contribution in [0, 0.1) is 11.8 Å². The van der Waals surface area contributed by atoms with Gasteiger partial charge < -0.3 is 9.64 Å². The van der Waals surface area contributed by atoms with Crippen molar-refractivity contribution in [2.45, 2.75) is 71.6 Å². The number of rotatable bonds is 6. The zero-order valence-electron chi connectivity index (χ0n) is 13.4. The van der Waals surface area contributed by atoms with E-state index in [1.807, 2.05) is 13.8 Å². The number of carbonyl (C=O) groups excluding carboxylic acids is 1. The highest BCUT2D eigenvalue weighted by molar-refractivity contribution is 5.84. The van der Waals surface area contributed by atoms with Crippen LogP contribution in [0.2, 0.25) is 0 Å². The standard InChI is InChI=1S/C16H30N2O2/c1-5-20-10-14(11(2)3)18-15(13-8-6-7-9-13)17-12(4)16(18)19/h11-15,17H,5-10H2,1-4H3. The lowest BCUT2D eigenvalue weighted by atomic mass is 9.98. The van der Waals surface area contributed by atoms with Crippen molar-refractivity contribution in [3.63, 3.8) is 0 Å². The van der Waals surface area contributed by atoms with Crippen LogP contribution in [0.1, 0.15) is 53.4 Å². The molecule has 0 bridgehead atoms. The molecule has 0 aromatic carbocycles. The second kappa shape index (κ2) is 6.90. The van der Waals surface area contributed by atoms with E-state index in [-0.39, 0.29) is 24.2 Å². The number of amides is 1. The third kappa shape index (κ3) is 3.17. The van der Waals surface area contributed by atoms with Crippen molar-refractivity contribution in [1.82, 2.24) is 10.2 Å². The van der Waals surface area contributed by atoms with E-state index in [1.54, 1.807) is 0 Å². The summed E-state index contributed by atoms with van der Waals surface area (Å²) in [5.74, 6) is 1.29. The van der Waals surface area contributed by atoms with Crippen molar-refractivity contribution in [3.8, 4) is 0 Å². The fraction of sp³-hybridized carbons (Fsp3) is 0.938. The van der Waals surface area contributed by atoms with Crippen LogP contribution in [0.4, 0.5) is 0 Å². The van der Waals surface area contributed by atoms with Crippen molar-refractivity contribution in [2.75, 3.05) is 13.2 Å². The van der Waals surface area contributed by atoms with Crippen molar-refractivity contribution < 1.29 is 9.53 Å². The Balaban J connectivity index is 2.15. The van der Waals surface area contributed by atoms with Gasteiger partial charge in [-0.2, -0.15) is 0 Å². The smallest absolute Gasteiger partial charge is 0.241 e. The maximum Gasteiger partial charge on any atom is 0.241 e. The molecular weight excluding hydrogens is 252 g/mol. The van der Waals surface area contributed by atoms with Gasteiger partial charge in [-0.15, -0.1) is 0 Å². The van der Waals surface area contributed by atoms with Gasteiger partial charge >= 0.3 is 0 Å². The van der Waals surface area contributed by atoms with Crippen LogP contribution in [-0.2, 0) is 9.53 Å².